The van der Waals surface area contributed by atoms with E-state index < -0.39 is 0 Å². The third-order valence-corrected chi connectivity index (χ3v) is 3.41. The van der Waals surface area contributed by atoms with Crippen LogP contribution in [0.25, 0.3) is 0 Å². The SMILES string of the molecule is CC(C)C(=O)Nc1ccc(NCCc2cccc(Cl)c2)cn1. The average Bonchev–Trinajstić information content (AvgIpc) is 2.49. The van der Waals surface area contributed by atoms with E-state index in [1.807, 2.05) is 38.1 Å². The fraction of sp³-hybridized carbons (Fsp3) is 0.294. The fourth-order valence-electron chi connectivity index (χ4n) is 1.89. The van der Waals surface area contributed by atoms with Crippen molar-refractivity contribution in [1.29, 1.82) is 0 Å². The van der Waals surface area contributed by atoms with Crippen LogP contribution in [-0.4, -0.2) is 17.4 Å². The monoisotopic (exact) mass is 317 g/mol. The van der Waals surface area contributed by atoms with Crippen LogP contribution in [-0.2, 0) is 11.2 Å². The molecule has 5 heteroatoms. The van der Waals surface area contributed by atoms with Crippen LogP contribution >= 0.6 is 11.6 Å². The zero-order chi connectivity index (χ0) is 15.9. The highest BCUT2D eigenvalue weighted by molar-refractivity contribution is 6.30. The van der Waals surface area contributed by atoms with Crippen LogP contribution in [0.2, 0.25) is 5.02 Å². The number of nitrogens with one attached hydrogen (secondary N) is 2. The number of halogens is 1. The second-order valence-corrected chi connectivity index (χ2v) is 5.82. The van der Waals surface area contributed by atoms with Gasteiger partial charge in [-0.05, 0) is 36.2 Å². The number of hydrogen-bond donors (Lipinski definition) is 2. The third-order valence-electron chi connectivity index (χ3n) is 3.17. The van der Waals surface area contributed by atoms with Crippen LogP contribution < -0.4 is 10.6 Å². The van der Waals surface area contributed by atoms with Crippen molar-refractivity contribution in [1.82, 2.24) is 4.98 Å². The van der Waals surface area contributed by atoms with Crippen LogP contribution in [0.4, 0.5) is 11.5 Å². The van der Waals surface area contributed by atoms with Gasteiger partial charge in [0.05, 0.1) is 11.9 Å². The normalized spacial score (nSPS) is 10.5. The Bertz CT molecular complexity index is 626. The zero-order valence-electron chi connectivity index (χ0n) is 12.8. The van der Waals surface area contributed by atoms with Gasteiger partial charge in [-0.2, -0.15) is 0 Å². The predicted molar refractivity (Wildman–Crippen MR) is 91.4 cm³/mol. The number of anilines is 2. The minimum Gasteiger partial charge on any atom is -0.383 e. The number of aromatic nitrogens is 1. The number of carbonyl (C=O) groups is 1. The number of carbonyl (C=O) groups excluding carboxylic acids is 1. The van der Waals surface area contributed by atoms with Gasteiger partial charge in [0.25, 0.3) is 0 Å². The molecule has 4 nitrogen and oxygen atoms in total. The van der Waals surface area contributed by atoms with Gasteiger partial charge in [-0.25, -0.2) is 4.98 Å². The first-order valence-electron chi connectivity index (χ1n) is 7.30. The minimum absolute atomic E-state index is 0.0332. The summed E-state index contributed by atoms with van der Waals surface area (Å²) in [5.74, 6) is 0.477. The van der Waals surface area contributed by atoms with Crippen LogP contribution in [0.3, 0.4) is 0 Å². The highest BCUT2D eigenvalue weighted by Gasteiger charge is 2.07. The van der Waals surface area contributed by atoms with Crippen molar-refractivity contribution in [2.45, 2.75) is 20.3 Å². The number of rotatable bonds is 6. The molecular weight excluding hydrogens is 298 g/mol. The summed E-state index contributed by atoms with van der Waals surface area (Å²) in [7, 11) is 0. The van der Waals surface area contributed by atoms with E-state index in [0.717, 1.165) is 23.7 Å². The Hall–Kier alpha value is -2.07. The van der Waals surface area contributed by atoms with E-state index in [2.05, 4.69) is 21.7 Å². The second kappa shape index (κ2) is 7.80. The van der Waals surface area contributed by atoms with E-state index in [-0.39, 0.29) is 11.8 Å². The fourth-order valence-corrected chi connectivity index (χ4v) is 2.10. The molecule has 0 fully saturated rings. The van der Waals surface area contributed by atoms with E-state index in [9.17, 15) is 4.79 Å². The predicted octanol–water partition coefficient (Wildman–Crippen LogP) is 3.98. The maximum absolute atomic E-state index is 11.6. The lowest BCUT2D eigenvalue weighted by atomic mass is 10.1. The molecule has 22 heavy (non-hydrogen) atoms. The van der Waals surface area contributed by atoms with E-state index >= 15 is 0 Å². The van der Waals surface area contributed by atoms with Gasteiger partial charge >= 0.3 is 0 Å². The number of hydrogen-bond acceptors (Lipinski definition) is 3. The Morgan fingerprint density at radius 1 is 1.27 bits per heavy atom. The number of benzene rings is 1. The number of nitrogens with zero attached hydrogens (tertiary/aromatic N) is 1. The number of amides is 1. The van der Waals surface area contributed by atoms with Crippen molar-refractivity contribution in [2.75, 3.05) is 17.2 Å². The molecule has 0 atom stereocenters. The molecule has 1 aromatic carbocycles. The lowest BCUT2D eigenvalue weighted by Gasteiger charge is -2.09. The quantitative estimate of drug-likeness (QED) is 0.847. The van der Waals surface area contributed by atoms with Gasteiger partial charge in [-0.15, -0.1) is 0 Å². The average molecular weight is 318 g/mol. The molecule has 0 aliphatic carbocycles. The minimum atomic E-state index is -0.0581. The number of pyridine rings is 1. The molecule has 116 valence electrons. The summed E-state index contributed by atoms with van der Waals surface area (Å²) in [6, 6.07) is 11.5. The van der Waals surface area contributed by atoms with E-state index in [4.69, 9.17) is 11.6 Å². The molecule has 0 radical (unpaired) electrons. The highest BCUT2D eigenvalue weighted by Crippen LogP contribution is 2.13. The van der Waals surface area contributed by atoms with Gasteiger partial charge in [0.15, 0.2) is 0 Å². The Morgan fingerprint density at radius 3 is 2.73 bits per heavy atom. The van der Waals surface area contributed by atoms with Crippen LogP contribution in [0.1, 0.15) is 19.4 Å². The Balaban J connectivity index is 1.82. The maximum atomic E-state index is 11.6. The molecule has 0 aliphatic heterocycles. The van der Waals surface area contributed by atoms with E-state index in [0.29, 0.717) is 5.82 Å². The first-order valence-corrected chi connectivity index (χ1v) is 7.67. The molecule has 1 amide bonds. The van der Waals surface area contributed by atoms with Crippen molar-refractivity contribution in [3.8, 4) is 0 Å². The molecule has 2 rings (SSSR count). The summed E-state index contributed by atoms with van der Waals surface area (Å²) in [4.78, 5) is 15.8. The van der Waals surface area contributed by atoms with Crippen LogP contribution in [0, 0.1) is 5.92 Å². The first-order chi connectivity index (χ1) is 10.5. The van der Waals surface area contributed by atoms with Gasteiger partial charge < -0.3 is 10.6 Å². The molecule has 0 spiro atoms. The van der Waals surface area contributed by atoms with Crippen molar-refractivity contribution < 1.29 is 4.79 Å². The van der Waals surface area contributed by atoms with Crippen molar-refractivity contribution >= 4 is 29.0 Å². The molecule has 1 heterocycles. The summed E-state index contributed by atoms with van der Waals surface area (Å²) >= 11 is 5.96. The van der Waals surface area contributed by atoms with Gasteiger partial charge in [0, 0.05) is 17.5 Å². The lowest BCUT2D eigenvalue weighted by molar-refractivity contribution is -0.118. The Morgan fingerprint density at radius 2 is 2.09 bits per heavy atom. The smallest absolute Gasteiger partial charge is 0.228 e. The topological polar surface area (TPSA) is 54.0 Å². The standard InChI is InChI=1S/C17H20ClN3O/c1-12(2)17(22)21-16-7-6-15(11-20-16)19-9-8-13-4-3-5-14(18)10-13/h3-7,10-12,19H,8-9H2,1-2H3,(H,20,21,22). The Kier molecular flexibility index (Phi) is 5.78. The molecule has 0 bridgehead atoms. The third kappa shape index (κ3) is 5.04. The summed E-state index contributed by atoms with van der Waals surface area (Å²) in [6.45, 7) is 4.49. The van der Waals surface area contributed by atoms with E-state index in [1.54, 1.807) is 12.3 Å². The molecule has 2 N–H and O–H groups in total. The molecule has 0 unspecified atom stereocenters. The molecule has 0 saturated heterocycles. The summed E-state index contributed by atoms with van der Waals surface area (Å²) in [5, 5.41) is 6.82. The molecule has 1 aromatic heterocycles. The van der Waals surface area contributed by atoms with Crippen molar-refractivity contribution in [3.05, 3.63) is 53.2 Å². The van der Waals surface area contributed by atoms with Crippen LogP contribution in [0.5, 0.6) is 0 Å². The zero-order valence-corrected chi connectivity index (χ0v) is 13.5. The Labute approximate surface area is 135 Å². The first kappa shape index (κ1) is 16.3. The maximum Gasteiger partial charge on any atom is 0.228 e. The molecule has 0 aliphatic rings. The van der Waals surface area contributed by atoms with Crippen LogP contribution in [0.15, 0.2) is 42.6 Å². The largest absolute Gasteiger partial charge is 0.383 e. The van der Waals surface area contributed by atoms with Gasteiger partial charge in [-0.1, -0.05) is 37.6 Å². The second-order valence-electron chi connectivity index (χ2n) is 5.38. The molecule has 0 saturated carbocycles. The van der Waals surface area contributed by atoms with E-state index in [1.165, 1.54) is 5.56 Å². The van der Waals surface area contributed by atoms with Crippen molar-refractivity contribution in [2.24, 2.45) is 5.92 Å². The van der Waals surface area contributed by atoms with Gasteiger partial charge in [0.2, 0.25) is 5.91 Å². The van der Waals surface area contributed by atoms with Crippen molar-refractivity contribution in [3.63, 3.8) is 0 Å². The van der Waals surface area contributed by atoms with Gasteiger partial charge in [0.1, 0.15) is 5.82 Å². The molecule has 2 aromatic rings. The molecular formula is C17H20ClN3O. The lowest BCUT2D eigenvalue weighted by Crippen LogP contribution is -2.18. The van der Waals surface area contributed by atoms with Gasteiger partial charge in [-0.3, -0.25) is 4.79 Å². The summed E-state index contributed by atoms with van der Waals surface area (Å²) in [5.41, 5.74) is 2.11. The summed E-state index contributed by atoms with van der Waals surface area (Å²) in [6.07, 6.45) is 2.60. The summed E-state index contributed by atoms with van der Waals surface area (Å²) < 4.78 is 0. The highest BCUT2D eigenvalue weighted by atomic mass is 35.5.